The van der Waals surface area contributed by atoms with E-state index in [0.717, 1.165) is 6.26 Å². The molecule has 176 valence electrons. The number of hydrogen-bond donors (Lipinski definition) is 1. The summed E-state index contributed by atoms with van der Waals surface area (Å²) in [5.74, 6) is 0.401. The van der Waals surface area contributed by atoms with E-state index in [2.05, 4.69) is 25.6 Å². The fraction of sp³-hybridized carbons (Fsp3) is 0.450. The average Bonchev–Trinajstić information content (AvgIpc) is 3.19. The highest BCUT2D eigenvalue weighted by Crippen LogP contribution is 2.31. The molecule has 0 bridgehead atoms. The van der Waals surface area contributed by atoms with Gasteiger partial charge in [0.05, 0.1) is 27.8 Å². The van der Waals surface area contributed by atoms with Gasteiger partial charge in [-0.1, -0.05) is 16.8 Å². The lowest BCUT2D eigenvalue weighted by Gasteiger charge is -2.31. The number of fused-ring (bicyclic) bond motifs is 1. The van der Waals surface area contributed by atoms with Crippen molar-refractivity contribution in [3.05, 3.63) is 29.5 Å². The van der Waals surface area contributed by atoms with Crippen LogP contribution in [0, 0.1) is 0 Å². The molecule has 0 saturated carbocycles. The van der Waals surface area contributed by atoms with Crippen molar-refractivity contribution in [2.75, 3.05) is 24.7 Å². The van der Waals surface area contributed by atoms with Crippen molar-refractivity contribution < 1.29 is 17.9 Å². The van der Waals surface area contributed by atoms with Gasteiger partial charge < -0.3 is 15.0 Å². The Hall–Kier alpha value is -2.99. The lowest BCUT2D eigenvalue weighted by molar-refractivity contribution is 0.0654. The molecular weight excluding hydrogens is 470 g/mol. The van der Waals surface area contributed by atoms with Crippen LogP contribution in [0.15, 0.2) is 29.4 Å². The van der Waals surface area contributed by atoms with E-state index in [1.807, 2.05) is 13.8 Å². The number of hydrogen-bond acceptors (Lipinski definition) is 9. The molecule has 13 heteroatoms. The van der Waals surface area contributed by atoms with Crippen LogP contribution in [0.1, 0.15) is 32.7 Å². The first-order chi connectivity index (χ1) is 15.6. The highest BCUT2D eigenvalue weighted by atomic mass is 35.5. The molecule has 3 aromatic rings. The maximum Gasteiger partial charge on any atom is 0.410 e. The molecule has 4 rings (SSSR count). The van der Waals surface area contributed by atoms with Gasteiger partial charge in [0.25, 0.3) is 0 Å². The monoisotopic (exact) mass is 493 g/mol. The number of nitrogens with zero attached hydrogens (tertiary/aromatic N) is 6. The Morgan fingerprint density at radius 1 is 1.24 bits per heavy atom. The summed E-state index contributed by atoms with van der Waals surface area (Å²) in [5.41, 5.74) is 1.50. The van der Waals surface area contributed by atoms with Gasteiger partial charge in [-0.2, -0.15) is 0 Å². The van der Waals surface area contributed by atoms with Gasteiger partial charge in [0.1, 0.15) is 6.33 Å². The number of sulfone groups is 1. The van der Waals surface area contributed by atoms with Crippen LogP contribution >= 0.6 is 11.6 Å². The molecule has 0 atom stereocenters. The van der Waals surface area contributed by atoms with Crippen LogP contribution < -0.4 is 5.32 Å². The summed E-state index contributed by atoms with van der Waals surface area (Å²) in [7, 11) is -3.37. The van der Waals surface area contributed by atoms with Gasteiger partial charge in [-0.25, -0.2) is 27.9 Å². The van der Waals surface area contributed by atoms with E-state index in [9.17, 15) is 13.2 Å². The molecule has 1 aromatic carbocycles. The summed E-state index contributed by atoms with van der Waals surface area (Å²) in [4.78, 5) is 22.6. The van der Waals surface area contributed by atoms with Gasteiger partial charge in [0, 0.05) is 19.3 Å². The number of carbonyl (C=O) groups excluding carboxylic acids is 1. The summed E-state index contributed by atoms with van der Waals surface area (Å²) in [6, 6.07) is 4.45. The topological polar surface area (TPSA) is 132 Å². The van der Waals surface area contributed by atoms with Crippen LogP contribution in [0.25, 0.3) is 11.2 Å². The van der Waals surface area contributed by atoms with Crippen molar-refractivity contribution in [2.45, 2.75) is 43.7 Å². The lowest BCUT2D eigenvalue weighted by Crippen LogP contribution is -2.40. The minimum Gasteiger partial charge on any atom is -0.447 e. The molecule has 2 aromatic heterocycles. The van der Waals surface area contributed by atoms with Crippen LogP contribution in [0.4, 0.5) is 16.3 Å². The number of anilines is 2. The second kappa shape index (κ2) is 9.10. The maximum atomic E-state index is 12.1. The Morgan fingerprint density at radius 2 is 1.97 bits per heavy atom. The molecule has 33 heavy (non-hydrogen) atoms. The highest BCUT2D eigenvalue weighted by molar-refractivity contribution is 7.90. The third-order valence-electron chi connectivity index (χ3n) is 5.29. The van der Waals surface area contributed by atoms with E-state index in [1.165, 1.54) is 18.5 Å². The first-order valence-corrected chi connectivity index (χ1v) is 12.7. The molecule has 0 aliphatic carbocycles. The van der Waals surface area contributed by atoms with Crippen molar-refractivity contribution in [3.8, 4) is 0 Å². The summed E-state index contributed by atoms with van der Waals surface area (Å²) in [5, 5.41) is 11.9. The summed E-state index contributed by atoms with van der Waals surface area (Å²) < 4.78 is 30.5. The predicted octanol–water partition coefficient (Wildman–Crippen LogP) is 3.20. The smallest absolute Gasteiger partial charge is 0.410 e. The second-order valence-corrected chi connectivity index (χ2v) is 10.5. The number of ether oxygens (including phenoxy) is 1. The number of benzene rings is 1. The van der Waals surface area contributed by atoms with E-state index in [4.69, 9.17) is 16.3 Å². The van der Waals surface area contributed by atoms with Gasteiger partial charge in [-0.15, -0.1) is 5.10 Å². The highest BCUT2D eigenvalue weighted by Gasteiger charge is 2.28. The number of rotatable bonds is 5. The van der Waals surface area contributed by atoms with Crippen molar-refractivity contribution in [1.82, 2.24) is 29.9 Å². The van der Waals surface area contributed by atoms with Gasteiger partial charge in [-0.05, 0) is 44.9 Å². The minimum atomic E-state index is -3.37. The standard InChI is InChI=1S/C20H24ClN7O4S/c1-12(2)32-20(29)27-8-6-13(7-9-27)28-19-17(25-26-28)18(22-11-23-19)24-16-5-4-14(10-15(16)21)33(3,30)31/h4-5,10-13H,6-9H2,1-3H3,(H,22,23,24). The van der Waals surface area contributed by atoms with Crippen molar-refractivity contribution >= 4 is 50.2 Å². The van der Waals surface area contributed by atoms with E-state index in [0.29, 0.717) is 48.6 Å². The van der Waals surface area contributed by atoms with Gasteiger partial charge in [0.2, 0.25) is 0 Å². The van der Waals surface area contributed by atoms with Crippen LogP contribution in [0.3, 0.4) is 0 Å². The number of carbonyl (C=O) groups is 1. The molecule has 0 spiro atoms. The predicted molar refractivity (Wildman–Crippen MR) is 122 cm³/mol. The largest absolute Gasteiger partial charge is 0.447 e. The van der Waals surface area contributed by atoms with Crippen molar-refractivity contribution in [2.24, 2.45) is 0 Å². The zero-order valence-corrected chi connectivity index (χ0v) is 20.0. The Balaban J connectivity index is 1.53. The van der Waals surface area contributed by atoms with Crippen LogP contribution in [0.5, 0.6) is 0 Å². The molecule has 1 fully saturated rings. The number of piperidine rings is 1. The molecule has 0 radical (unpaired) electrons. The van der Waals surface area contributed by atoms with Gasteiger partial charge in [0.15, 0.2) is 26.8 Å². The van der Waals surface area contributed by atoms with Crippen LogP contribution in [-0.4, -0.2) is 69.8 Å². The molecule has 1 aliphatic heterocycles. The van der Waals surface area contributed by atoms with E-state index in [-0.39, 0.29) is 28.2 Å². The van der Waals surface area contributed by atoms with E-state index >= 15 is 0 Å². The number of halogens is 1. The normalized spacial score (nSPS) is 15.2. The molecule has 3 heterocycles. The number of aromatic nitrogens is 5. The minimum absolute atomic E-state index is 0.0264. The van der Waals surface area contributed by atoms with E-state index in [1.54, 1.807) is 15.6 Å². The third kappa shape index (κ3) is 5.01. The first kappa shape index (κ1) is 23.2. The third-order valence-corrected chi connectivity index (χ3v) is 6.71. The van der Waals surface area contributed by atoms with Crippen molar-refractivity contribution in [3.63, 3.8) is 0 Å². The molecule has 0 unspecified atom stereocenters. The summed E-state index contributed by atoms with van der Waals surface area (Å²) >= 11 is 6.28. The molecule has 1 saturated heterocycles. The Morgan fingerprint density at radius 3 is 2.61 bits per heavy atom. The van der Waals surface area contributed by atoms with Crippen LogP contribution in [-0.2, 0) is 14.6 Å². The Bertz CT molecular complexity index is 1290. The average molecular weight is 494 g/mol. The molecule has 1 N–H and O–H groups in total. The van der Waals surface area contributed by atoms with Crippen molar-refractivity contribution in [1.29, 1.82) is 0 Å². The summed E-state index contributed by atoms with van der Waals surface area (Å²) in [6.45, 7) is 4.75. The number of amides is 1. The fourth-order valence-electron chi connectivity index (χ4n) is 3.63. The van der Waals surface area contributed by atoms with Crippen LogP contribution in [0.2, 0.25) is 5.02 Å². The Labute approximate surface area is 196 Å². The second-order valence-electron chi connectivity index (χ2n) is 8.12. The van der Waals surface area contributed by atoms with Gasteiger partial charge >= 0.3 is 6.09 Å². The molecule has 1 amide bonds. The van der Waals surface area contributed by atoms with Gasteiger partial charge in [-0.3, -0.25) is 0 Å². The zero-order chi connectivity index (χ0) is 23.8. The maximum absolute atomic E-state index is 12.1. The van der Waals surface area contributed by atoms with E-state index < -0.39 is 9.84 Å². The zero-order valence-electron chi connectivity index (χ0n) is 18.4. The number of likely N-dealkylation sites (tertiary alicyclic amines) is 1. The Kier molecular flexibility index (Phi) is 6.39. The SMILES string of the molecule is CC(C)OC(=O)N1CCC(n2nnc3c(Nc4ccc(S(C)(=O)=O)cc4Cl)ncnc32)CC1. The fourth-order valence-corrected chi connectivity index (χ4v) is 4.57. The number of nitrogens with one attached hydrogen (secondary N) is 1. The molecule has 11 nitrogen and oxygen atoms in total. The first-order valence-electron chi connectivity index (χ1n) is 10.4. The summed E-state index contributed by atoms with van der Waals surface area (Å²) in [6.07, 6.45) is 3.44. The quantitative estimate of drug-likeness (QED) is 0.568. The molecular formula is C20H24ClN7O4S. The lowest BCUT2D eigenvalue weighted by atomic mass is 10.1. The molecule has 1 aliphatic rings.